The van der Waals surface area contributed by atoms with Gasteiger partial charge in [0.25, 0.3) is 0 Å². The minimum atomic E-state index is -1.14. The van der Waals surface area contributed by atoms with E-state index in [2.05, 4.69) is 10.6 Å². The molecular weight excluding hydrogens is 284 g/mol. The Morgan fingerprint density at radius 2 is 0.955 bits per heavy atom. The van der Waals surface area contributed by atoms with Crippen molar-refractivity contribution < 1.29 is 19.8 Å². The lowest BCUT2D eigenvalue weighted by Gasteiger charge is -2.35. The molecule has 0 heterocycles. The molecule has 0 aromatic rings. The molecule has 0 saturated carbocycles. The van der Waals surface area contributed by atoms with Crippen molar-refractivity contribution in [3.63, 3.8) is 0 Å². The Labute approximate surface area is 133 Å². The molecule has 2 unspecified atom stereocenters. The van der Waals surface area contributed by atoms with Crippen LogP contribution in [-0.2, 0) is 9.59 Å². The molecule has 22 heavy (non-hydrogen) atoms. The molecule has 0 radical (unpaired) electrons. The van der Waals surface area contributed by atoms with Crippen molar-refractivity contribution in [1.29, 1.82) is 0 Å². The summed E-state index contributed by atoms with van der Waals surface area (Å²) in [4.78, 5) is 24.1. The number of carbonyl (C=O) groups is 2. The summed E-state index contributed by atoms with van der Waals surface area (Å²) in [7, 11) is 0. The highest BCUT2D eigenvalue weighted by atomic mass is 16.3. The number of carbonyl (C=O) groups excluding carboxylic acids is 2. The van der Waals surface area contributed by atoms with Gasteiger partial charge in [-0.3, -0.25) is 9.59 Å². The van der Waals surface area contributed by atoms with E-state index < -0.39 is 35.1 Å². The van der Waals surface area contributed by atoms with E-state index in [1.165, 1.54) is 0 Å². The molecule has 0 spiro atoms. The minimum absolute atomic E-state index is 0.0353. The topological polar surface area (TPSA) is 98.7 Å². The van der Waals surface area contributed by atoms with Gasteiger partial charge in [-0.05, 0) is 39.5 Å². The SMILES string of the molecule is CC(C)C(NC(=O)C(=O)NC(C(C)C)C(C)(C)O)C(C)(C)O. The quantitative estimate of drug-likeness (QED) is 0.545. The fraction of sp³-hybridized carbons (Fsp3) is 0.875. The lowest BCUT2D eigenvalue weighted by Crippen LogP contribution is -2.59. The Hall–Kier alpha value is -1.14. The van der Waals surface area contributed by atoms with E-state index in [1.807, 2.05) is 27.7 Å². The van der Waals surface area contributed by atoms with E-state index in [0.717, 1.165) is 0 Å². The summed E-state index contributed by atoms with van der Waals surface area (Å²) in [5.41, 5.74) is -2.28. The van der Waals surface area contributed by atoms with Gasteiger partial charge in [0.05, 0.1) is 23.3 Å². The maximum atomic E-state index is 12.1. The van der Waals surface area contributed by atoms with Crippen molar-refractivity contribution in [2.24, 2.45) is 11.8 Å². The lowest BCUT2D eigenvalue weighted by molar-refractivity contribution is -0.142. The largest absolute Gasteiger partial charge is 0.388 e. The van der Waals surface area contributed by atoms with Crippen LogP contribution in [0.15, 0.2) is 0 Å². The second kappa shape index (κ2) is 7.42. The highest BCUT2D eigenvalue weighted by molar-refractivity contribution is 6.35. The van der Waals surface area contributed by atoms with Crippen LogP contribution in [0.5, 0.6) is 0 Å². The first kappa shape index (κ1) is 20.9. The minimum Gasteiger partial charge on any atom is -0.388 e. The highest BCUT2D eigenvalue weighted by Gasteiger charge is 2.35. The molecule has 0 aliphatic heterocycles. The van der Waals surface area contributed by atoms with Crippen molar-refractivity contribution in [1.82, 2.24) is 10.6 Å². The predicted octanol–water partition coefficient (Wildman–Crippen LogP) is 0.810. The number of aliphatic hydroxyl groups is 2. The number of hydrogen-bond acceptors (Lipinski definition) is 4. The Balaban J connectivity index is 4.97. The molecule has 0 fully saturated rings. The molecule has 0 rings (SSSR count). The number of amides is 2. The molecule has 0 saturated heterocycles. The lowest BCUT2D eigenvalue weighted by atomic mass is 9.88. The number of hydrogen-bond donors (Lipinski definition) is 4. The Morgan fingerprint density at radius 1 is 0.727 bits per heavy atom. The van der Waals surface area contributed by atoms with E-state index in [-0.39, 0.29) is 11.8 Å². The molecule has 2 atom stereocenters. The zero-order valence-electron chi connectivity index (χ0n) is 15.0. The summed E-state index contributed by atoms with van der Waals surface area (Å²) in [6.07, 6.45) is 0. The summed E-state index contributed by atoms with van der Waals surface area (Å²) < 4.78 is 0. The molecule has 0 aliphatic rings. The van der Waals surface area contributed by atoms with Crippen LogP contribution < -0.4 is 10.6 Å². The Bertz CT molecular complexity index is 354. The zero-order valence-corrected chi connectivity index (χ0v) is 15.0. The van der Waals surface area contributed by atoms with Gasteiger partial charge in [-0.25, -0.2) is 0 Å². The second-order valence-electron chi connectivity index (χ2n) is 7.70. The first-order valence-corrected chi connectivity index (χ1v) is 7.74. The van der Waals surface area contributed by atoms with Gasteiger partial charge in [-0.1, -0.05) is 27.7 Å². The van der Waals surface area contributed by atoms with Crippen molar-refractivity contribution in [3.05, 3.63) is 0 Å². The fourth-order valence-electron chi connectivity index (χ4n) is 2.73. The third kappa shape index (κ3) is 6.32. The van der Waals surface area contributed by atoms with Crippen LogP contribution in [0, 0.1) is 11.8 Å². The van der Waals surface area contributed by atoms with Gasteiger partial charge in [-0.2, -0.15) is 0 Å². The molecule has 6 heteroatoms. The summed E-state index contributed by atoms with van der Waals surface area (Å²) in [6, 6.07) is -1.10. The molecule has 2 amide bonds. The van der Waals surface area contributed by atoms with E-state index in [1.54, 1.807) is 27.7 Å². The van der Waals surface area contributed by atoms with Crippen LogP contribution >= 0.6 is 0 Å². The van der Waals surface area contributed by atoms with Crippen molar-refractivity contribution >= 4 is 11.8 Å². The van der Waals surface area contributed by atoms with Gasteiger partial charge < -0.3 is 20.8 Å². The molecule has 6 nitrogen and oxygen atoms in total. The molecular formula is C16H32N2O4. The van der Waals surface area contributed by atoms with Crippen molar-refractivity contribution in [2.75, 3.05) is 0 Å². The molecule has 0 bridgehead atoms. The zero-order chi connectivity index (χ0) is 17.9. The van der Waals surface area contributed by atoms with Crippen LogP contribution in [0.1, 0.15) is 55.4 Å². The summed E-state index contributed by atoms with van der Waals surface area (Å²) in [5.74, 6) is -1.69. The molecule has 130 valence electrons. The molecule has 4 N–H and O–H groups in total. The van der Waals surface area contributed by atoms with Gasteiger partial charge >= 0.3 is 11.8 Å². The molecule has 0 aliphatic carbocycles. The van der Waals surface area contributed by atoms with E-state index in [4.69, 9.17) is 0 Å². The van der Waals surface area contributed by atoms with Gasteiger partial charge in [0.15, 0.2) is 0 Å². The predicted molar refractivity (Wildman–Crippen MR) is 86.1 cm³/mol. The summed E-state index contributed by atoms with van der Waals surface area (Å²) in [6.45, 7) is 13.8. The van der Waals surface area contributed by atoms with E-state index in [0.29, 0.717) is 0 Å². The van der Waals surface area contributed by atoms with Gasteiger partial charge in [-0.15, -0.1) is 0 Å². The maximum Gasteiger partial charge on any atom is 0.309 e. The molecule has 0 aromatic carbocycles. The van der Waals surface area contributed by atoms with Crippen molar-refractivity contribution in [2.45, 2.75) is 78.7 Å². The highest BCUT2D eigenvalue weighted by Crippen LogP contribution is 2.18. The summed E-state index contributed by atoms with van der Waals surface area (Å²) >= 11 is 0. The van der Waals surface area contributed by atoms with Crippen molar-refractivity contribution in [3.8, 4) is 0 Å². The second-order valence-corrected chi connectivity index (χ2v) is 7.70. The van der Waals surface area contributed by atoms with Crippen LogP contribution in [0.3, 0.4) is 0 Å². The monoisotopic (exact) mass is 316 g/mol. The normalized spacial score (nSPS) is 15.6. The fourth-order valence-corrected chi connectivity index (χ4v) is 2.73. The Kier molecular flexibility index (Phi) is 7.03. The summed E-state index contributed by atoms with van der Waals surface area (Å²) in [5, 5.41) is 25.3. The van der Waals surface area contributed by atoms with Gasteiger partial charge in [0.1, 0.15) is 0 Å². The van der Waals surface area contributed by atoms with Crippen LogP contribution in [0.2, 0.25) is 0 Å². The molecule has 0 aromatic heterocycles. The maximum absolute atomic E-state index is 12.1. The van der Waals surface area contributed by atoms with Crippen LogP contribution in [-0.4, -0.2) is 45.3 Å². The van der Waals surface area contributed by atoms with Gasteiger partial charge in [0.2, 0.25) is 0 Å². The number of rotatable bonds is 6. The van der Waals surface area contributed by atoms with Gasteiger partial charge in [0, 0.05) is 0 Å². The third-order valence-corrected chi connectivity index (χ3v) is 3.63. The smallest absolute Gasteiger partial charge is 0.309 e. The van der Waals surface area contributed by atoms with E-state index in [9.17, 15) is 19.8 Å². The average Bonchev–Trinajstić information content (AvgIpc) is 2.28. The standard InChI is InChI=1S/C16H32N2O4/c1-9(2)11(15(5,6)21)17-13(19)14(20)18-12(10(3)4)16(7,8)22/h9-12,21-22H,1-8H3,(H,17,19)(H,18,20). The van der Waals surface area contributed by atoms with E-state index >= 15 is 0 Å². The first-order chi connectivity index (χ1) is 9.67. The van der Waals surface area contributed by atoms with Crippen LogP contribution in [0.25, 0.3) is 0 Å². The number of nitrogens with one attached hydrogen (secondary N) is 2. The Morgan fingerprint density at radius 3 is 1.09 bits per heavy atom. The third-order valence-electron chi connectivity index (χ3n) is 3.63. The average molecular weight is 316 g/mol. The first-order valence-electron chi connectivity index (χ1n) is 7.74. The van der Waals surface area contributed by atoms with Crippen LogP contribution in [0.4, 0.5) is 0 Å².